The molecule has 0 aliphatic heterocycles. The van der Waals surface area contributed by atoms with E-state index in [0.29, 0.717) is 10.9 Å². The van der Waals surface area contributed by atoms with E-state index < -0.39 is 23.7 Å². The van der Waals surface area contributed by atoms with Gasteiger partial charge in [-0.2, -0.15) is 0 Å². The van der Waals surface area contributed by atoms with Crippen LogP contribution >= 0.6 is 35.7 Å². The number of alkyl carbamates (subject to hydrolysis) is 1. The van der Waals surface area contributed by atoms with E-state index in [9.17, 15) is 9.59 Å². The molecule has 1 rings (SSSR count). The molecule has 1 amide bonds. The van der Waals surface area contributed by atoms with Crippen molar-refractivity contribution < 1.29 is 19.1 Å². The second-order valence-corrected chi connectivity index (χ2v) is 7.07. The Bertz CT molecular complexity index is 630. The second kappa shape index (κ2) is 11.3. The molecule has 1 aromatic carbocycles. The Morgan fingerprint density at radius 3 is 2.31 bits per heavy atom. The van der Waals surface area contributed by atoms with Crippen LogP contribution in [0.25, 0.3) is 0 Å². The predicted molar refractivity (Wildman–Crippen MR) is 116 cm³/mol. The molecular weight excluding hydrogens is 469 g/mol. The standard InChI is InChI=1S/C17H25N3O4S.HI/c1-17(2,3)24-16(22)20-13(14(21)23-4)10-11-6-8-12(9-7-11)19-15(18)25-5;/h6-9,13H,10H2,1-5H3,(H2,18,19)(H,20,22);1H. The number of amides is 1. The maximum absolute atomic E-state index is 11.9. The van der Waals surface area contributed by atoms with E-state index in [4.69, 9.17) is 15.2 Å². The molecule has 26 heavy (non-hydrogen) atoms. The molecule has 0 bridgehead atoms. The molecule has 3 N–H and O–H groups in total. The highest BCUT2D eigenvalue weighted by Crippen LogP contribution is 2.16. The number of aliphatic imine (C=N–C) groups is 1. The zero-order valence-corrected chi connectivity index (χ0v) is 18.7. The Morgan fingerprint density at radius 1 is 1.27 bits per heavy atom. The van der Waals surface area contributed by atoms with Gasteiger partial charge in [0.1, 0.15) is 11.6 Å². The van der Waals surface area contributed by atoms with Crippen LogP contribution in [0.15, 0.2) is 29.3 Å². The molecule has 0 saturated heterocycles. The molecule has 1 unspecified atom stereocenters. The normalized spacial score (nSPS) is 12.6. The number of carbonyl (C=O) groups is 2. The maximum atomic E-state index is 11.9. The Labute approximate surface area is 175 Å². The van der Waals surface area contributed by atoms with Gasteiger partial charge >= 0.3 is 12.1 Å². The molecule has 0 aliphatic rings. The van der Waals surface area contributed by atoms with Gasteiger partial charge in [-0.05, 0) is 44.7 Å². The summed E-state index contributed by atoms with van der Waals surface area (Å²) in [5, 5.41) is 3.01. The van der Waals surface area contributed by atoms with E-state index in [1.165, 1.54) is 18.9 Å². The summed E-state index contributed by atoms with van der Waals surface area (Å²) in [6.45, 7) is 5.25. The SMILES string of the molecule is COC(=O)C(Cc1ccc(N=C(N)SC)cc1)NC(=O)OC(C)(C)C.I. The summed E-state index contributed by atoms with van der Waals surface area (Å²) in [5.41, 5.74) is 6.58. The minimum Gasteiger partial charge on any atom is -0.467 e. The van der Waals surface area contributed by atoms with Gasteiger partial charge in [0.05, 0.1) is 12.8 Å². The predicted octanol–water partition coefficient (Wildman–Crippen LogP) is 3.22. The number of methoxy groups -OCH3 is 1. The van der Waals surface area contributed by atoms with E-state index in [1.807, 2.05) is 18.4 Å². The first-order valence-corrected chi connectivity index (χ1v) is 8.91. The van der Waals surface area contributed by atoms with Crippen LogP contribution in [0.3, 0.4) is 0 Å². The highest BCUT2D eigenvalue weighted by Gasteiger charge is 2.25. The molecule has 0 aromatic heterocycles. The fourth-order valence-electron chi connectivity index (χ4n) is 1.90. The fourth-order valence-corrected chi connectivity index (χ4v) is 2.10. The maximum Gasteiger partial charge on any atom is 0.408 e. The van der Waals surface area contributed by atoms with Crippen LogP contribution in [0.1, 0.15) is 26.3 Å². The molecule has 0 spiro atoms. The Morgan fingerprint density at radius 2 is 1.85 bits per heavy atom. The van der Waals surface area contributed by atoms with E-state index >= 15 is 0 Å². The number of nitrogens with two attached hydrogens (primary N) is 1. The molecule has 9 heteroatoms. The number of halogens is 1. The van der Waals surface area contributed by atoms with Crippen LogP contribution in [0.4, 0.5) is 10.5 Å². The van der Waals surface area contributed by atoms with Gasteiger partial charge in [-0.1, -0.05) is 23.9 Å². The summed E-state index contributed by atoms with van der Waals surface area (Å²) in [6.07, 6.45) is 1.45. The van der Waals surface area contributed by atoms with Crippen molar-refractivity contribution in [2.75, 3.05) is 13.4 Å². The van der Waals surface area contributed by atoms with Gasteiger partial charge in [-0.15, -0.1) is 24.0 Å². The van der Waals surface area contributed by atoms with Crippen molar-refractivity contribution in [1.82, 2.24) is 5.32 Å². The lowest BCUT2D eigenvalue weighted by atomic mass is 10.1. The summed E-state index contributed by atoms with van der Waals surface area (Å²) >= 11 is 1.36. The Balaban J connectivity index is 0.00000625. The highest BCUT2D eigenvalue weighted by atomic mass is 127. The largest absolute Gasteiger partial charge is 0.467 e. The Hall–Kier alpha value is -1.49. The number of benzene rings is 1. The zero-order valence-electron chi connectivity index (χ0n) is 15.6. The monoisotopic (exact) mass is 495 g/mol. The molecule has 7 nitrogen and oxygen atoms in total. The molecule has 1 aromatic rings. The van der Waals surface area contributed by atoms with Gasteiger partial charge in [0.25, 0.3) is 0 Å². The number of nitrogens with one attached hydrogen (secondary N) is 1. The van der Waals surface area contributed by atoms with Gasteiger partial charge in [0.15, 0.2) is 5.17 Å². The Kier molecular flexibility index (Phi) is 10.6. The molecule has 0 radical (unpaired) electrons. The number of amidine groups is 1. The van der Waals surface area contributed by atoms with Gasteiger partial charge in [0, 0.05) is 6.42 Å². The molecule has 146 valence electrons. The van der Waals surface area contributed by atoms with Gasteiger partial charge in [-0.25, -0.2) is 14.6 Å². The van der Waals surface area contributed by atoms with Crippen molar-refractivity contribution in [3.8, 4) is 0 Å². The van der Waals surface area contributed by atoms with E-state index in [1.54, 1.807) is 32.9 Å². The smallest absolute Gasteiger partial charge is 0.408 e. The number of thioether (sulfide) groups is 1. The van der Waals surface area contributed by atoms with Crippen molar-refractivity contribution in [2.24, 2.45) is 10.7 Å². The first-order chi connectivity index (χ1) is 11.6. The van der Waals surface area contributed by atoms with Gasteiger partial charge in [0.2, 0.25) is 0 Å². The summed E-state index contributed by atoms with van der Waals surface area (Å²) in [4.78, 5) is 28.1. The van der Waals surface area contributed by atoms with Crippen LogP contribution in [0, 0.1) is 0 Å². The van der Waals surface area contributed by atoms with Crippen molar-refractivity contribution >= 4 is 58.7 Å². The summed E-state index contributed by atoms with van der Waals surface area (Å²) < 4.78 is 9.94. The van der Waals surface area contributed by atoms with E-state index in [-0.39, 0.29) is 30.4 Å². The lowest BCUT2D eigenvalue weighted by Crippen LogP contribution is -2.45. The molecule has 0 fully saturated rings. The second-order valence-electron chi connectivity index (χ2n) is 6.25. The number of ether oxygens (including phenoxy) is 2. The van der Waals surface area contributed by atoms with Crippen molar-refractivity contribution in [2.45, 2.75) is 38.8 Å². The van der Waals surface area contributed by atoms with Crippen LogP contribution in [-0.4, -0.2) is 42.2 Å². The van der Waals surface area contributed by atoms with Gasteiger partial charge < -0.3 is 20.5 Å². The topological polar surface area (TPSA) is 103 Å². The quantitative estimate of drug-likeness (QED) is 0.282. The first kappa shape index (κ1) is 24.5. The average Bonchev–Trinajstić information content (AvgIpc) is 2.53. The van der Waals surface area contributed by atoms with Crippen molar-refractivity contribution in [3.05, 3.63) is 29.8 Å². The zero-order chi connectivity index (χ0) is 19.0. The van der Waals surface area contributed by atoms with E-state index in [2.05, 4.69) is 10.3 Å². The van der Waals surface area contributed by atoms with E-state index in [0.717, 1.165) is 5.56 Å². The number of carbonyl (C=O) groups excluding carboxylic acids is 2. The number of rotatable bonds is 5. The van der Waals surface area contributed by atoms with Gasteiger partial charge in [-0.3, -0.25) is 0 Å². The molecule has 0 heterocycles. The molecule has 0 aliphatic carbocycles. The molecule has 1 atom stereocenters. The van der Waals surface area contributed by atoms with Crippen LogP contribution < -0.4 is 11.1 Å². The molecular formula is C17H26IN3O4S. The first-order valence-electron chi connectivity index (χ1n) is 7.69. The average molecular weight is 495 g/mol. The minimum absolute atomic E-state index is 0. The lowest BCUT2D eigenvalue weighted by molar-refractivity contribution is -0.143. The van der Waals surface area contributed by atoms with Crippen LogP contribution in [-0.2, 0) is 20.7 Å². The molecule has 0 saturated carbocycles. The fraction of sp³-hybridized carbons (Fsp3) is 0.471. The van der Waals surface area contributed by atoms with Crippen LogP contribution in [0.2, 0.25) is 0 Å². The highest BCUT2D eigenvalue weighted by molar-refractivity contribution is 14.0. The third-order valence-corrected chi connectivity index (χ3v) is 3.51. The van der Waals surface area contributed by atoms with Crippen molar-refractivity contribution in [3.63, 3.8) is 0 Å². The number of hydrogen-bond acceptors (Lipinski definition) is 6. The third kappa shape index (κ3) is 9.27. The summed E-state index contributed by atoms with van der Waals surface area (Å²) in [7, 11) is 1.27. The van der Waals surface area contributed by atoms with Crippen LogP contribution in [0.5, 0.6) is 0 Å². The summed E-state index contributed by atoms with van der Waals surface area (Å²) in [6, 6.07) is 6.38. The minimum atomic E-state index is -0.842. The summed E-state index contributed by atoms with van der Waals surface area (Å²) in [5.74, 6) is -0.542. The lowest BCUT2D eigenvalue weighted by Gasteiger charge is -2.22. The number of esters is 1. The number of nitrogens with zero attached hydrogens (tertiary/aromatic N) is 1. The third-order valence-electron chi connectivity index (χ3n) is 3.00. The number of hydrogen-bond donors (Lipinski definition) is 2. The van der Waals surface area contributed by atoms with Crippen molar-refractivity contribution in [1.29, 1.82) is 0 Å².